The van der Waals surface area contributed by atoms with Gasteiger partial charge < -0.3 is 10.3 Å². The number of aromatic nitrogens is 3. The van der Waals surface area contributed by atoms with E-state index in [1.807, 2.05) is 49.4 Å². The molecule has 6 nitrogen and oxygen atoms in total. The molecule has 3 aromatic heterocycles. The number of hydrogen-bond donors (Lipinski definition) is 2. The molecule has 0 atom stereocenters. The van der Waals surface area contributed by atoms with Crippen molar-refractivity contribution in [2.45, 2.75) is 20.3 Å². The highest BCUT2D eigenvalue weighted by Gasteiger charge is 2.20. The first kappa shape index (κ1) is 18.1. The number of benzene rings is 1. The van der Waals surface area contributed by atoms with Crippen LogP contribution >= 0.6 is 11.3 Å². The Morgan fingerprint density at radius 1 is 1.14 bits per heavy atom. The number of amides is 1. The van der Waals surface area contributed by atoms with Crippen molar-refractivity contribution < 1.29 is 4.79 Å². The van der Waals surface area contributed by atoms with Crippen molar-refractivity contribution in [1.29, 1.82) is 0 Å². The van der Waals surface area contributed by atoms with E-state index in [9.17, 15) is 9.59 Å². The Hall–Kier alpha value is -3.32. The first-order valence-corrected chi connectivity index (χ1v) is 9.64. The largest absolute Gasteiger partial charge is 0.310 e. The van der Waals surface area contributed by atoms with Gasteiger partial charge in [-0.05, 0) is 36.6 Å². The van der Waals surface area contributed by atoms with Crippen LogP contribution in [0, 0.1) is 13.8 Å². The van der Waals surface area contributed by atoms with Crippen LogP contribution in [0.2, 0.25) is 0 Å². The van der Waals surface area contributed by atoms with Crippen LogP contribution in [0.15, 0.2) is 53.5 Å². The molecule has 0 spiro atoms. The zero-order valence-corrected chi connectivity index (χ0v) is 16.3. The van der Waals surface area contributed by atoms with Gasteiger partial charge in [0, 0.05) is 12.6 Å². The van der Waals surface area contributed by atoms with Crippen LogP contribution in [-0.2, 0) is 6.42 Å². The summed E-state index contributed by atoms with van der Waals surface area (Å²) in [5, 5.41) is 3.29. The number of aromatic amines is 1. The van der Waals surface area contributed by atoms with Gasteiger partial charge in [0.15, 0.2) is 0 Å². The van der Waals surface area contributed by atoms with Gasteiger partial charge in [0.2, 0.25) is 0 Å². The molecule has 0 aliphatic heterocycles. The normalized spacial score (nSPS) is 10.9. The Morgan fingerprint density at radius 2 is 1.93 bits per heavy atom. The Bertz CT molecular complexity index is 1230. The van der Waals surface area contributed by atoms with Crippen molar-refractivity contribution in [2.75, 3.05) is 5.32 Å². The van der Waals surface area contributed by atoms with E-state index in [1.54, 1.807) is 13.1 Å². The predicted molar refractivity (Wildman–Crippen MR) is 111 cm³/mol. The highest BCUT2D eigenvalue weighted by molar-refractivity contribution is 7.20. The zero-order valence-electron chi connectivity index (χ0n) is 15.4. The minimum atomic E-state index is -0.286. The lowest BCUT2D eigenvalue weighted by molar-refractivity contribution is 0.102. The average Bonchev–Trinajstić information content (AvgIpc) is 3.01. The Morgan fingerprint density at radius 3 is 2.68 bits per heavy atom. The summed E-state index contributed by atoms with van der Waals surface area (Å²) in [5.41, 5.74) is 2.33. The second-order valence-electron chi connectivity index (χ2n) is 6.53. The third-order valence-electron chi connectivity index (χ3n) is 4.51. The van der Waals surface area contributed by atoms with Gasteiger partial charge in [-0.25, -0.2) is 9.97 Å². The fourth-order valence-corrected chi connectivity index (χ4v) is 4.15. The number of hydrogen-bond acceptors (Lipinski definition) is 5. The molecule has 4 aromatic rings. The third-order valence-corrected chi connectivity index (χ3v) is 5.70. The first-order valence-electron chi connectivity index (χ1n) is 8.82. The van der Waals surface area contributed by atoms with E-state index in [1.165, 1.54) is 11.3 Å². The van der Waals surface area contributed by atoms with Crippen LogP contribution < -0.4 is 10.9 Å². The summed E-state index contributed by atoms with van der Waals surface area (Å²) in [6.45, 7) is 3.65. The lowest BCUT2D eigenvalue weighted by Gasteiger charge is -2.05. The summed E-state index contributed by atoms with van der Waals surface area (Å²) in [6.07, 6.45) is 2.15. The van der Waals surface area contributed by atoms with Gasteiger partial charge in [0.25, 0.3) is 11.5 Å². The molecule has 28 heavy (non-hydrogen) atoms. The van der Waals surface area contributed by atoms with E-state index in [0.29, 0.717) is 38.7 Å². The van der Waals surface area contributed by atoms with Gasteiger partial charge in [0.1, 0.15) is 16.5 Å². The van der Waals surface area contributed by atoms with Crippen LogP contribution in [0.4, 0.5) is 5.82 Å². The van der Waals surface area contributed by atoms with Gasteiger partial charge in [-0.2, -0.15) is 0 Å². The molecule has 0 radical (unpaired) electrons. The standard InChI is InChI=1S/C21H18N4O2S/c1-12-7-6-10-22-18(12)25-20(27)17-13(2)16-19(26)23-15(24-21(16)28-17)11-14-8-4-3-5-9-14/h3-10H,11H2,1-2H3,(H,22,25,27)(H,23,24,26). The maximum atomic E-state index is 12.8. The number of aryl methyl sites for hydroxylation is 2. The lowest BCUT2D eigenvalue weighted by Crippen LogP contribution is -2.14. The van der Waals surface area contributed by atoms with Crippen LogP contribution in [0.1, 0.15) is 32.2 Å². The SMILES string of the molecule is Cc1cccnc1NC(=O)c1sc2nc(Cc3ccccc3)[nH]c(=O)c2c1C. The van der Waals surface area contributed by atoms with Gasteiger partial charge in [-0.3, -0.25) is 9.59 Å². The second-order valence-corrected chi connectivity index (χ2v) is 7.53. The van der Waals surface area contributed by atoms with E-state index in [2.05, 4.69) is 20.3 Å². The summed E-state index contributed by atoms with van der Waals surface area (Å²) in [7, 11) is 0. The molecule has 0 aliphatic rings. The molecule has 0 bridgehead atoms. The smallest absolute Gasteiger partial charge is 0.267 e. The van der Waals surface area contributed by atoms with Crippen molar-refractivity contribution >= 4 is 33.3 Å². The van der Waals surface area contributed by atoms with Gasteiger partial charge in [-0.15, -0.1) is 11.3 Å². The number of anilines is 1. The number of thiophene rings is 1. The molecule has 0 unspecified atom stereocenters. The summed E-state index contributed by atoms with van der Waals surface area (Å²) in [6, 6.07) is 13.5. The zero-order chi connectivity index (χ0) is 19.7. The average molecular weight is 390 g/mol. The van der Waals surface area contributed by atoms with Crippen molar-refractivity contribution in [3.8, 4) is 0 Å². The van der Waals surface area contributed by atoms with E-state index >= 15 is 0 Å². The van der Waals surface area contributed by atoms with E-state index in [-0.39, 0.29) is 11.5 Å². The second kappa shape index (κ2) is 7.36. The van der Waals surface area contributed by atoms with Crippen molar-refractivity contribution in [1.82, 2.24) is 15.0 Å². The Labute approximate surface area is 165 Å². The maximum absolute atomic E-state index is 12.8. The summed E-state index contributed by atoms with van der Waals surface area (Å²) in [4.78, 5) is 38.1. The minimum absolute atomic E-state index is 0.224. The highest BCUT2D eigenvalue weighted by atomic mass is 32.1. The molecule has 3 heterocycles. The molecule has 140 valence electrons. The van der Waals surface area contributed by atoms with E-state index in [0.717, 1.165) is 11.1 Å². The van der Waals surface area contributed by atoms with Gasteiger partial charge >= 0.3 is 0 Å². The Balaban J connectivity index is 1.70. The molecule has 1 aromatic carbocycles. The number of nitrogens with zero attached hydrogens (tertiary/aromatic N) is 2. The number of carbonyl (C=O) groups is 1. The number of rotatable bonds is 4. The maximum Gasteiger partial charge on any atom is 0.267 e. The number of nitrogens with one attached hydrogen (secondary N) is 2. The quantitative estimate of drug-likeness (QED) is 0.554. The molecule has 2 N–H and O–H groups in total. The Kier molecular flexibility index (Phi) is 4.75. The van der Waals surface area contributed by atoms with Gasteiger partial charge in [-0.1, -0.05) is 36.4 Å². The monoisotopic (exact) mass is 390 g/mol. The lowest BCUT2D eigenvalue weighted by atomic mass is 10.1. The van der Waals surface area contributed by atoms with Crippen LogP contribution in [-0.4, -0.2) is 20.9 Å². The molecule has 7 heteroatoms. The van der Waals surface area contributed by atoms with Gasteiger partial charge in [0.05, 0.1) is 10.3 Å². The fourth-order valence-electron chi connectivity index (χ4n) is 3.06. The van der Waals surface area contributed by atoms with E-state index in [4.69, 9.17) is 0 Å². The van der Waals surface area contributed by atoms with E-state index < -0.39 is 0 Å². The molecule has 0 fully saturated rings. The summed E-state index contributed by atoms with van der Waals surface area (Å²) in [5.74, 6) is 0.805. The predicted octanol–water partition coefficient (Wildman–Crippen LogP) is 3.84. The number of carbonyl (C=O) groups excluding carboxylic acids is 1. The molecular weight excluding hydrogens is 372 g/mol. The number of fused-ring (bicyclic) bond motifs is 1. The number of pyridine rings is 1. The highest BCUT2D eigenvalue weighted by Crippen LogP contribution is 2.28. The third kappa shape index (κ3) is 3.44. The van der Waals surface area contributed by atoms with Crippen molar-refractivity contribution in [3.05, 3.63) is 86.4 Å². The molecular formula is C21H18N4O2S. The summed E-state index contributed by atoms with van der Waals surface area (Å²) >= 11 is 1.23. The van der Waals surface area contributed by atoms with Crippen LogP contribution in [0.25, 0.3) is 10.2 Å². The van der Waals surface area contributed by atoms with Crippen LogP contribution in [0.5, 0.6) is 0 Å². The fraction of sp³-hybridized carbons (Fsp3) is 0.143. The van der Waals surface area contributed by atoms with Crippen molar-refractivity contribution in [2.24, 2.45) is 0 Å². The molecule has 4 rings (SSSR count). The molecule has 1 amide bonds. The van der Waals surface area contributed by atoms with Crippen molar-refractivity contribution in [3.63, 3.8) is 0 Å². The molecule has 0 saturated carbocycles. The number of H-pyrrole nitrogens is 1. The summed E-state index contributed by atoms with van der Waals surface area (Å²) < 4.78 is 0. The molecule has 0 aliphatic carbocycles. The molecule has 0 saturated heterocycles. The minimum Gasteiger partial charge on any atom is -0.310 e. The van der Waals surface area contributed by atoms with Crippen LogP contribution in [0.3, 0.4) is 0 Å². The topological polar surface area (TPSA) is 87.7 Å². The first-order chi connectivity index (χ1) is 13.5.